The van der Waals surface area contributed by atoms with Crippen molar-refractivity contribution in [1.29, 1.82) is 0 Å². The number of pyridine rings is 1. The number of hydrogen-bond donors (Lipinski definition) is 1. The number of nitrogens with one attached hydrogen (secondary N) is 1. The Morgan fingerprint density at radius 2 is 1.86 bits per heavy atom. The van der Waals surface area contributed by atoms with E-state index in [2.05, 4.69) is 10.3 Å². The Bertz CT molecular complexity index is 860. The number of rotatable bonds is 10. The molecule has 3 aromatic rings. The lowest BCUT2D eigenvalue weighted by atomic mass is 10.2. The van der Waals surface area contributed by atoms with Crippen LogP contribution in [-0.2, 0) is 13.2 Å². The van der Waals surface area contributed by atoms with E-state index in [0.717, 1.165) is 36.4 Å². The topological polar surface area (TPSA) is 43.4 Å². The van der Waals surface area contributed by atoms with Crippen molar-refractivity contribution in [3.05, 3.63) is 88.8 Å². The van der Waals surface area contributed by atoms with E-state index in [9.17, 15) is 4.39 Å². The van der Waals surface area contributed by atoms with E-state index >= 15 is 0 Å². The molecular weight excluding hydrogens is 379 g/mol. The molecule has 6 heteroatoms. The molecule has 0 saturated carbocycles. The molecule has 0 atom stereocenters. The first-order chi connectivity index (χ1) is 13.7. The summed E-state index contributed by atoms with van der Waals surface area (Å²) in [5.74, 6) is 1.04. The Balaban J connectivity index is 1.34. The molecule has 1 aromatic heterocycles. The molecule has 0 radical (unpaired) electrons. The van der Waals surface area contributed by atoms with Crippen molar-refractivity contribution in [3.63, 3.8) is 0 Å². The highest BCUT2D eigenvalue weighted by Crippen LogP contribution is 2.20. The fourth-order valence-electron chi connectivity index (χ4n) is 2.54. The van der Waals surface area contributed by atoms with Gasteiger partial charge in [-0.15, -0.1) is 0 Å². The molecule has 3 rings (SSSR count). The summed E-state index contributed by atoms with van der Waals surface area (Å²) in [6.45, 7) is 2.55. The zero-order valence-corrected chi connectivity index (χ0v) is 16.2. The summed E-state index contributed by atoms with van der Waals surface area (Å²) in [6.07, 6.45) is 2.62. The van der Waals surface area contributed by atoms with Gasteiger partial charge in [-0.1, -0.05) is 35.9 Å². The van der Waals surface area contributed by atoms with E-state index in [0.29, 0.717) is 24.1 Å². The number of nitrogens with zero attached hydrogens (tertiary/aromatic N) is 1. The summed E-state index contributed by atoms with van der Waals surface area (Å²) >= 11 is 6.01. The van der Waals surface area contributed by atoms with Gasteiger partial charge in [-0.25, -0.2) is 9.37 Å². The summed E-state index contributed by atoms with van der Waals surface area (Å²) in [6, 6.07) is 17.8. The maximum atomic E-state index is 13.1. The van der Waals surface area contributed by atoms with Crippen LogP contribution in [0.4, 0.5) is 4.39 Å². The molecular formula is C22H22ClFN2O2. The SMILES string of the molecule is Fc1ccc(COc2ccc(CNCCCOc3ccccn3)cc2)c(Cl)c1. The molecule has 0 bridgehead atoms. The van der Waals surface area contributed by atoms with Gasteiger partial charge in [0.2, 0.25) is 5.88 Å². The Morgan fingerprint density at radius 1 is 1.00 bits per heavy atom. The largest absolute Gasteiger partial charge is 0.489 e. The molecule has 0 aliphatic heterocycles. The van der Waals surface area contributed by atoms with E-state index < -0.39 is 0 Å². The van der Waals surface area contributed by atoms with Gasteiger partial charge in [-0.3, -0.25) is 0 Å². The van der Waals surface area contributed by atoms with Crippen molar-refractivity contribution in [2.45, 2.75) is 19.6 Å². The van der Waals surface area contributed by atoms with Crippen LogP contribution in [0.5, 0.6) is 11.6 Å². The van der Waals surface area contributed by atoms with Crippen molar-refractivity contribution in [2.75, 3.05) is 13.2 Å². The Hall–Kier alpha value is -2.63. The monoisotopic (exact) mass is 400 g/mol. The van der Waals surface area contributed by atoms with Gasteiger partial charge in [0.25, 0.3) is 0 Å². The highest BCUT2D eigenvalue weighted by atomic mass is 35.5. The Morgan fingerprint density at radius 3 is 2.61 bits per heavy atom. The van der Waals surface area contributed by atoms with Crippen molar-refractivity contribution in [3.8, 4) is 11.6 Å². The van der Waals surface area contributed by atoms with E-state index in [-0.39, 0.29) is 5.82 Å². The molecule has 28 heavy (non-hydrogen) atoms. The van der Waals surface area contributed by atoms with Crippen LogP contribution < -0.4 is 14.8 Å². The molecule has 4 nitrogen and oxygen atoms in total. The standard InChI is InChI=1S/C22H22ClFN2O2/c23-21-14-19(24)8-7-18(21)16-28-20-9-5-17(6-10-20)15-25-11-3-13-27-22-4-1-2-12-26-22/h1-2,4-10,12,14,25H,3,11,13,15-16H2. The minimum atomic E-state index is -0.353. The third-order valence-corrected chi connectivity index (χ3v) is 4.40. The van der Waals surface area contributed by atoms with Gasteiger partial charge in [-0.05, 0) is 48.9 Å². The molecule has 0 unspecified atom stereocenters. The van der Waals surface area contributed by atoms with Crippen molar-refractivity contribution >= 4 is 11.6 Å². The summed E-state index contributed by atoms with van der Waals surface area (Å²) < 4.78 is 24.3. The van der Waals surface area contributed by atoms with Gasteiger partial charge < -0.3 is 14.8 Å². The first-order valence-electron chi connectivity index (χ1n) is 9.11. The first-order valence-corrected chi connectivity index (χ1v) is 9.49. The van der Waals surface area contributed by atoms with E-state index in [1.165, 1.54) is 12.1 Å². The minimum absolute atomic E-state index is 0.299. The molecule has 2 aromatic carbocycles. The summed E-state index contributed by atoms with van der Waals surface area (Å²) in [5.41, 5.74) is 1.92. The average Bonchev–Trinajstić information content (AvgIpc) is 2.72. The highest BCUT2D eigenvalue weighted by molar-refractivity contribution is 6.31. The quantitative estimate of drug-likeness (QED) is 0.486. The van der Waals surface area contributed by atoms with Crippen LogP contribution in [0, 0.1) is 5.82 Å². The molecule has 0 fully saturated rings. The number of hydrogen-bond acceptors (Lipinski definition) is 4. The van der Waals surface area contributed by atoms with E-state index in [4.69, 9.17) is 21.1 Å². The fourth-order valence-corrected chi connectivity index (χ4v) is 2.76. The van der Waals surface area contributed by atoms with Gasteiger partial charge in [0, 0.05) is 24.4 Å². The van der Waals surface area contributed by atoms with Crippen molar-refractivity contribution in [1.82, 2.24) is 10.3 Å². The van der Waals surface area contributed by atoms with Gasteiger partial charge in [-0.2, -0.15) is 0 Å². The highest BCUT2D eigenvalue weighted by Gasteiger charge is 2.03. The number of benzene rings is 2. The molecule has 146 valence electrons. The number of aromatic nitrogens is 1. The van der Waals surface area contributed by atoms with E-state index in [1.54, 1.807) is 12.3 Å². The number of ether oxygens (including phenoxy) is 2. The second kappa shape index (κ2) is 10.6. The van der Waals surface area contributed by atoms with Crippen LogP contribution in [0.3, 0.4) is 0 Å². The lowest BCUT2D eigenvalue weighted by molar-refractivity contribution is 0.296. The smallest absolute Gasteiger partial charge is 0.213 e. The zero-order valence-electron chi connectivity index (χ0n) is 15.4. The van der Waals surface area contributed by atoms with Crippen LogP contribution in [-0.4, -0.2) is 18.1 Å². The number of halogens is 2. The Labute approximate surface area is 169 Å². The average molecular weight is 401 g/mol. The molecule has 0 spiro atoms. The maximum Gasteiger partial charge on any atom is 0.213 e. The van der Waals surface area contributed by atoms with Gasteiger partial charge in [0.15, 0.2) is 0 Å². The van der Waals surface area contributed by atoms with Crippen LogP contribution in [0.25, 0.3) is 0 Å². The van der Waals surface area contributed by atoms with Crippen LogP contribution in [0.1, 0.15) is 17.5 Å². The van der Waals surface area contributed by atoms with Gasteiger partial charge >= 0.3 is 0 Å². The zero-order chi connectivity index (χ0) is 19.6. The molecule has 0 aliphatic carbocycles. The van der Waals surface area contributed by atoms with Gasteiger partial charge in [0.05, 0.1) is 11.6 Å². The first kappa shape index (κ1) is 20.1. The predicted octanol–water partition coefficient (Wildman–Crippen LogP) is 5.01. The summed E-state index contributed by atoms with van der Waals surface area (Å²) in [4.78, 5) is 4.12. The predicted molar refractivity (Wildman–Crippen MR) is 108 cm³/mol. The summed E-state index contributed by atoms with van der Waals surface area (Å²) in [7, 11) is 0. The second-order valence-corrected chi connectivity index (χ2v) is 6.62. The molecule has 0 amide bonds. The molecule has 0 aliphatic rings. The maximum absolute atomic E-state index is 13.1. The second-order valence-electron chi connectivity index (χ2n) is 6.22. The van der Waals surface area contributed by atoms with E-state index in [1.807, 2.05) is 42.5 Å². The third-order valence-electron chi connectivity index (χ3n) is 4.05. The minimum Gasteiger partial charge on any atom is -0.489 e. The van der Waals surface area contributed by atoms with Crippen LogP contribution in [0.2, 0.25) is 5.02 Å². The van der Waals surface area contributed by atoms with Crippen LogP contribution in [0.15, 0.2) is 66.9 Å². The fraction of sp³-hybridized carbons (Fsp3) is 0.227. The Kier molecular flexibility index (Phi) is 7.64. The normalized spacial score (nSPS) is 10.6. The van der Waals surface area contributed by atoms with Gasteiger partial charge in [0.1, 0.15) is 18.2 Å². The van der Waals surface area contributed by atoms with Crippen molar-refractivity contribution < 1.29 is 13.9 Å². The molecule has 1 N–H and O–H groups in total. The lowest BCUT2D eigenvalue weighted by Gasteiger charge is -2.09. The summed E-state index contributed by atoms with van der Waals surface area (Å²) in [5, 5.41) is 3.75. The lowest BCUT2D eigenvalue weighted by Crippen LogP contribution is -2.17. The van der Waals surface area contributed by atoms with Crippen molar-refractivity contribution in [2.24, 2.45) is 0 Å². The van der Waals surface area contributed by atoms with Crippen LogP contribution >= 0.6 is 11.6 Å². The molecule has 1 heterocycles. The molecule has 0 saturated heterocycles. The third kappa shape index (κ3) is 6.51.